The molecule has 0 amide bonds. The molecule has 4 heteroatoms. The normalized spacial score (nSPS) is 18.0. The Kier molecular flexibility index (Phi) is 7.86. The van der Waals surface area contributed by atoms with Gasteiger partial charge in [-0.3, -0.25) is 4.90 Å². The summed E-state index contributed by atoms with van der Waals surface area (Å²) in [5.41, 5.74) is 7.38. The summed E-state index contributed by atoms with van der Waals surface area (Å²) in [4.78, 5) is 5.01. The summed E-state index contributed by atoms with van der Waals surface area (Å²) in [6, 6.07) is 8.68. The van der Waals surface area contributed by atoms with Crippen LogP contribution in [0.15, 0.2) is 24.3 Å². The van der Waals surface area contributed by atoms with E-state index in [1.807, 2.05) is 0 Å². The summed E-state index contributed by atoms with van der Waals surface area (Å²) < 4.78 is 6.06. The van der Waals surface area contributed by atoms with Gasteiger partial charge in [-0.15, -0.1) is 0 Å². The predicted octanol–water partition coefficient (Wildman–Crippen LogP) is 2.89. The molecule has 130 valence electrons. The Morgan fingerprint density at radius 2 is 1.83 bits per heavy atom. The molecule has 1 aliphatic heterocycles. The number of para-hydroxylation sites is 1. The Morgan fingerprint density at radius 1 is 1.09 bits per heavy atom. The van der Waals surface area contributed by atoms with E-state index in [4.69, 9.17) is 10.5 Å². The van der Waals surface area contributed by atoms with E-state index in [0.29, 0.717) is 6.54 Å². The van der Waals surface area contributed by atoms with Crippen LogP contribution < -0.4 is 10.5 Å². The van der Waals surface area contributed by atoms with Crippen molar-refractivity contribution in [3.8, 4) is 5.75 Å². The summed E-state index contributed by atoms with van der Waals surface area (Å²) in [6.45, 7) is 11.5. The molecular formula is C19H33N3O. The van der Waals surface area contributed by atoms with Gasteiger partial charge >= 0.3 is 0 Å². The molecule has 0 radical (unpaired) electrons. The van der Waals surface area contributed by atoms with Crippen molar-refractivity contribution < 1.29 is 4.74 Å². The minimum absolute atomic E-state index is 0.261. The van der Waals surface area contributed by atoms with Crippen molar-refractivity contribution in [3.63, 3.8) is 0 Å². The molecule has 1 aromatic rings. The number of unbranched alkanes of at least 4 members (excludes halogenated alkanes) is 2. The minimum Gasteiger partial charge on any atom is -0.493 e. The summed E-state index contributed by atoms with van der Waals surface area (Å²) in [5.74, 6) is 1.01. The van der Waals surface area contributed by atoms with Crippen molar-refractivity contribution in [2.45, 2.75) is 39.2 Å². The summed E-state index contributed by atoms with van der Waals surface area (Å²) in [7, 11) is 0. The van der Waals surface area contributed by atoms with Crippen LogP contribution in [0.4, 0.5) is 0 Å². The van der Waals surface area contributed by atoms with Gasteiger partial charge in [-0.1, -0.05) is 44.9 Å². The van der Waals surface area contributed by atoms with E-state index in [9.17, 15) is 0 Å². The zero-order valence-corrected chi connectivity index (χ0v) is 14.8. The van der Waals surface area contributed by atoms with Crippen molar-refractivity contribution in [1.82, 2.24) is 9.80 Å². The standard InChI is InChI=1S/C19H33N3O/c1-3-5-8-15-23-19-10-7-6-9-17(19)18(16-20)22-13-11-21(4-2)12-14-22/h6-7,9-10,18H,3-5,8,11-16,20H2,1-2H3. The van der Waals surface area contributed by atoms with Crippen molar-refractivity contribution in [2.75, 3.05) is 45.9 Å². The fourth-order valence-electron chi connectivity index (χ4n) is 3.29. The number of hydrogen-bond acceptors (Lipinski definition) is 4. The number of benzene rings is 1. The molecule has 0 saturated carbocycles. The molecule has 4 nitrogen and oxygen atoms in total. The first-order valence-electron chi connectivity index (χ1n) is 9.18. The number of ether oxygens (including phenoxy) is 1. The second kappa shape index (κ2) is 9.91. The number of hydrogen-bond donors (Lipinski definition) is 1. The fraction of sp³-hybridized carbons (Fsp3) is 0.684. The Hall–Kier alpha value is -1.10. The van der Waals surface area contributed by atoms with E-state index in [0.717, 1.165) is 51.5 Å². The predicted molar refractivity (Wildman–Crippen MR) is 96.9 cm³/mol. The van der Waals surface area contributed by atoms with E-state index in [-0.39, 0.29) is 6.04 Å². The number of piperazine rings is 1. The molecule has 1 aromatic carbocycles. The molecule has 23 heavy (non-hydrogen) atoms. The molecule has 0 bridgehead atoms. The molecule has 2 rings (SSSR count). The average molecular weight is 319 g/mol. The molecule has 1 aliphatic rings. The van der Waals surface area contributed by atoms with Gasteiger partial charge < -0.3 is 15.4 Å². The van der Waals surface area contributed by atoms with E-state index >= 15 is 0 Å². The van der Waals surface area contributed by atoms with Crippen LogP contribution in [0.5, 0.6) is 5.75 Å². The minimum atomic E-state index is 0.261. The Morgan fingerprint density at radius 3 is 2.48 bits per heavy atom. The molecule has 0 spiro atoms. The van der Waals surface area contributed by atoms with Crippen LogP contribution in [0.3, 0.4) is 0 Å². The molecule has 1 unspecified atom stereocenters. The first-order valence-corrected chi connectivity index (χ1v) is 9.18. The van der Waals surface area contributed by atoms with Gasteiger partial charge in [-0.25, -0.2) is 0 Å². The molecule has 1 heterocycles. The summed E-state index contributed by atoms with van der Waals surface area (Å²) in [5, 5.41) is 0. The number of likely N-dealkylation sites (N-methyl/N-ethyl adjacent to an activating group) is 1. The second-order valence-corrected chi connectivity index (χ2v) is 6.32. The van der Waals surface area contributed by atoms with Gasteiger partial charge in [0.05, 0.1) is 12.6 Å². The average Bonchev–Trinajstić information content (AvgIpc) is 2.61. The first-order chi connectivity index (χ1) is 11.3. The quantitative estimate of drug-likeness (QED) is 0.711. The maximum absolute atomic E-state index is 6.14. The van der Waals surface area contributed by atoms with Crippen molar-refractivity contribution in [1.29, 1.82) is 0 Å². The largest absolute Gasteiger partial charge is 0.493 e. The third-order valence-electron chi connectivity index (χ3n) is 4.80. The molecule has 1 atom stereocenters. The number of rotatable bonds is 9. The van der Waals surface area contributed by atoms with E-state index in [1.165, 1.54) is 18.4 Å². The third kappa shape index (κ3) is 5.20. The van der Waals surface area contributed by atoms with Crippen LogP contribution in [0.1, 0.15) is 44.7 Å². The van der Waals surface area contributed by atoms with Crippen LogP contribution in [0.2, 0.25) is 0 Å². The van der Waals surface area contributed by atoms with E-state index in [1.54, 1.807) is 0 Å². The van der Waals surface area contributed by atoms with Gasteiger partial charge in [0.2, 0.25) is 0 Å². The maximum atomic E-state index is 6.14. The van der Waals surface area contributed by atoms with Crippen molar-refractivity contribution in [3.05, 3.63) is 29.8 Å². The number of nitrogens with zero attached hydrogens (tertiary/aromatic N) is 2. The van der Waals surface area contributed by atoms with Crippen LogP contribution in [0.25, 0.3) is 0 Å². The van der Waals surface area contributed by atoms with E-state index < -0.39 is 0 Å². The van der Waals surface area contributed by atoms with Gasteiger partial charge in [-0.2, -0.15) is 0 Å². The summed E-state index contributed by atoms with van der Waals surface area (Å²) >= 11 is 0. The lowest BCUT2D eigenvalue weighted by atomic mass is 10.0. The van der Waals surface area contributed by atoms with Crippen LogP contribution in [0, 0.1) is 0 Å². The first kappa shape index (κ1) is 18.2. The smallest absolute Gasteiger partial charge is 0.124 e. The topological polar surface area (TPSA) is 41.7 Å². The molecule has 1 fully saturated rings. The van der Waals surface area contributed by atoms with Crippen molar-refractivity contribution in [2.24, 2.45) is 5.73 Å². The van der Waals surface area contributed by atoms with Crippen LogP contribution >= 0.6 is 0 Å². The lowest BCUT2D eigenvalue weighted by molar-refractivity contribution is 0.100. The zero-order chi connectivity index (χ0) is 16.5. The van der Waals surface area contributed by atoms with Crippen molar-refractivity contribution >= 4 is 0 Å². The molecular weight excluding hydrogens is 286 g/mol. The zero-order valence-electron chi connectivity index (χ0n) is 14.8. The monoisotopic (exact) mass is 319 g/mol. The van der Waals surface area contributed by atoms with Gasteiger partial charge in [-0.05, 0) is 19.0 Å². The molecule has 0 aromatic heterocycles. The fourth-order valence-corrected chi connectivity index (χ4v) is 3.29. The lowest BCUT2D eigenvalue weighted by Crippen LogP contribution is -2.48. The highest BCUT2D eigenvalue weighted by Crippen LogP contribution is 2.29. The maximum Gasteiger partial charge on any atom is 0.124 e. The van der Waals surface area contributed by atoms with Crippen LogP contribution in [-0.4, -0.2) is 55.7 Å². The highest BCUT2D eigenvalue weighted by molar-refractivity contribution is 5.36. The van der Waals surface area contributed by atoms with E-state index in [2.05, 4.69) is 47.9 Å². The molecule has 0 aliphatic carbocycles. The van der Waals surface area contributed by atoms with Gasteiger partial charge in [0.25, 0.3) is 0 Å². The SMILES string of the molecule is CCCCCOc1ccccc1C(CN)N1CCN(CC)CC1. The Balaban J connectivity index is 2.02. The van der Waals surface area contributed by atoms with Crippen LogP contribution in [-0.2, 0) is 0 Å². The van der Waals surface area contributed by atoms with Gasteiger partial charge in [0.1, 0.15) is 5.75 Å². The summed E-state index contributed by atoms with van der Waals surface area (Å²) in [6.07, 6.45) is 3.56. The van der Waals surface area contributed by atoms with Gasteiger partial charge in [0.15, 0.2) is 0 Å². The highest BCUT2D eigenvalue weighted by atomic mass is 16.5. The number of nitrogens with two attached hydrogens (primary N) is 1. The Bertz CT molecular complexity index is 444. The second-order valence-electron chi connectivity index (χ2n) is 6.32. The molecule has 1 saturated heterocycles. The highest BCUT2D eigenvalue weighted by Gasteiger charge is 2.25. The Labute approximate surface area is 141 Å². The molecule has 2 N–H and O–H groups in total. The third-order valence-corrected chi connectivity index (χ3v) is 4.80. The lowest BCUT2D eigenvalue weighted by Gasteiger charge is -2.39. The van der Waals surface area contributed by atoms with Gasteiger partial charge in [0, 0.05) is 38.3 Å².